The Hall–Kier alpha value is -2.60. The maximum absolute atomic E-state index is 12.3. The molecule has 26 heavy (non-hydrogen) atoms. The minimum Gasteiger partial charge on any atom is -0.427 e. The average molecular weight is 377 g/mol. The van der Waals surface area contributed by atoms with Crippen LogP contribution in [0.25, 0.3) is 0 Å². The number of halogens is 1. The van der Waals surface area contributed by atoms with Crippen molar-refractivity contribution in [3.8, 4) is 0 Å². The van der Waals surface area contributed by atoms with Gasteiger partial charge in [0.25, 0.3) is 0 Å². The van der Waals surface area contributed by atoms with Crippen LogP contribution in [0.5, 0.6) is 0 Å². The number of benzene rings is 1. The maximum atomic E-state index is 12.3. The molecule has 1 heterocycles. The van der Waals surface area contributed by atoms with E-state index in [-0.39, 0.29) is 5.56 Å². The van der Waals surface area contributed by atoms with E-state index in [9.17, 15) is 9.59 Å². The van der Waals surface area contributed by atoms with Crippen molar-refractivity contribution in [3.63, 3.8) is 0 Å². The van der Waals surface area contributed by atoms with Crippen LogP contribution in [0.15, 0.2) is 36.5 Å². The van der Waals surface area contributed by atoms with Crippen LogP contribution in [0.2, 0.25) is 5.02 Å². The van der Waals surface area contributed by atoms with Gasteiger partial charge in [0.2, 0.25) is 6.79 Å². The van der Waals surface area contributed by atoms with E-state index in [0.717, 1.165) is 11.3 Å². The smallest absolute Gasteiger partial charge is 0.344 e. The normalized spacial score (nSPS) is 11.0. The summed E-state index contributed by atoms with van der Waals surface area (Å²) >= 11 is 6.12. The highest BCUT2D eigenvalue weighted by molar-refractivity contribution is 6.31. The molecular weight excluding hydrogens is 356 g/mol. The Labute approximate surface area is 157 Å². The Balaban J connectivity index is 2.09. The summed E-state index contributed by atoms with van der Waals surface area (Å²) in [7, 11) is 0. The third-order valence-corrected chi connectivity index (χ3v) is 3.95. The van der Waals surface area contributed by atoms with Gasteiger partial charge in [-0.15, -0.1) is 0 Å². The van der Waals surface area contributed by atoms with Gasteiger partial charge >= 0.3 is 11.9 Å². The molecule has 0 unspecified atom stereocenters. The molecule has 0 saturated carbocycles. The summed E-state index contributed by atoms with van der Waals surface area (Å²) in [6.45, 7) is 6.55. The summed E-state index contributed by atoms with van der Waals surface area (Å²) in [6, 6.07) is 8.59. The highest BCUT2D eigenvalue weighted by Crippen LogP contribution is 2.27. The first kappa shape index (κ1) is 19.7. The molecule has 0 bridgehead atoms. The second-order valence-corrected chi connectivity index (χ2v) is 7.08. The molecule has 0 fully saturated rings. The number of anilines is 2. The van der Waals surface area contributed by atoms with Gasteiger partial charge in [0.15, 0.2) is 0 Å². The van der Waals surface area contributed by atoms with Gasteiger partial charge in [-0.2, -0.15) is 0 Å². The van der Waals surface area contributed by atoms with E-state index in [2.05, 4.69) is 10.3 Å². The molecule has 2 rings (SSSR count). The van der Waals surface area contributed by atoms with E-state index in [1.165, 1.54) is 0 Å². The van der Waals surface area contributed by atoms with Crippen LogP contribution >= 0.6 is 11.6 Å². The second-order valence-electron chi connectivity index (χ2n) is 6.67. The van der Waals surface area contributed by atoms with Crippen LogP contribution in [-0.2, 0) is 14.3 Å². The maximum Gasteiger partial charge on any atom is 0.344 e. The molecule has 0 radical (unpaired) electrons. The monoisotopic (exact) mass is 376 g/mol. The van der Waals surface area contributed by atoms with Crippen molar-refractivity contribution in [2.75, 3.05) is 12.1 Å². The van der Waals surface area contributed by atoms with Crippen molar-refractivity contribution < 1.29 is 19.1 Å². The highest BCUT2D eigenvalue weighted by atomic mass is 35.5. The molecule has 0 aliphatic rings. The van der Waals surface area contributed by atoms with Gasteiger partial charge in [-0.3, -0.25) is 4.79 Å². The summed E-state index contributed by atoms with van der Waals surface area (Å²) < 4.78 is 9.99. The Bertz CT molecular complexity index is 815. The highest BCUT2D eigenvalue weighted by Gasteiger charge is 2.23. The SMILES string of the molecule is Cc1c(Cl)cccc1Nc1ncccc1C(=O)OCOC(=O)C(C)(C)C. The Kier molecular flexibility index (Phi) is 6.21. The molecule has 0 aliphatic heterocycles. The fourth-order valence-corrected chi connectivity index (χ4v) is 2.15. The summed E-state index contributed by atoms with van der Waals surface area (Å²) in [5.41, 5.74) is 1.11. The molecule has 1 aromatic carbocycles. The van der Waals surface area contributed by atoms with E-state index in [1.807, 2.05) is 13.0 Å². The minimum atomic E-state index is -0.669. The number of nitrogens with zero attached hydrogens (tertiary/aromatic N) is 1. The van der Waals surface area contributed by atoms with Crippen LogP contribution in [0.1, 0.15) is 36.7 Å². The largest absolute Gasteiger partial charge is 0.427 e. The van der Waals surface area contributed by atoms with Crippen LogP contribution in [0.4, 0.5) is 11.5 Å². The van der Waals surface area contributed by atoms with Crippen molar-refractivity contribution in [2.45, 2.75) is 27.7 Å². The first-order valence-corrected chi connectivity index (χ1v) is 8.39. The van der Waals surface area contributed by atoms with Crippen molar-refractivity contribution >= 4 is 35.0 Å². The van der Waals surface area contributed by atoms with E-state index < -0.39 is 24.1 Å². The van der Waals surface area contributed by atoms with E-state index in [1.54, 1.807) is 51.2 Å². The summed E-state index contributed by atoms with van der Waals surface area (Å²) in [5, 5.41) is 3.68. The number of esters is 2. The minimum absolute atomic E-state index is 0.221. The number of carbonyl (C=O) groups is 2. The summed E-state index contributed by atoms with van der Waals surface area (Å²) in [6.07, 6.45) is 1.55. The van der Waals surface area contributed by atoms with Crippen molar-refractivity contribution in [2.24, 2.45) is 5.41 Å². The van der Waals surface area contributed by atoms with Crippen LogP contribution in [-0.4, -0.2) is 23.7 Å². The van der Waals surface area contributed by atoms with Crippen molar-refractivity contribution in [3.05, 3.63) is 52.7 Å². The number of carbonyl (C=O) groups excluding carboxylic acids is 2. The predicted octanol–water partition coefficient (Wildman–Crippen LogP) is 4.49. The van der Waals surface area contributed by atoms with Crippen molar-refractivity contribution in [1.29, 1.82) is 0 Å². The molecule has 7 heteroatoms. The average Bonchev–Trinajstić information content (AvgIpc) is 2.58. The molecule has 0 spiro atoms. The Morgan fingerprint density at radius 1 is 1.15 bits per heavy atom. The molecule has 6 nitrogen and oxygen atoms in total. The van der Waals surface area contributed by atoms with E-state index >= 15 is 0 Å². The number of pyridine rings is 1. The topological polar surface area (TPSA) is 77.5 Å². The number of nitrogens with one attached hydrogen (secondary N) is 1. The summed E-state index contributed by atoms with van der Waals surface area (Å²) in [4.78, 5) is 28.2. The third-order valence-electron chi connectivity index (χ3n) is 3.54. The Morgan fingerprint density at radius 2 is 1.88 bits per heavy atom. The molecule has 0 aliphatic carbocycles. The number of hydrogen-bond donors (Lipinski definition) is 1. The standard InChI is InChI=1S/C19H21ClN2O4/c1-12-14(20)8-5-9-15(12)22-16-13(7-6-10-21-16)17(23)25-11-26-18(24)19(2,3)4/h5-10H,11H2,1-4H3,(H,21,22). The number of ether oxygens (including phenoxy) is 2. The van der Waals surface area contributed by atoms with Gasteiger partial charge in [0.05, 0.1) is 5.41 Å². The number of hydrogen-bond acceptors (Lipinski definition) is 6. The fourth-order valence-electron chi connectivity index (χ4n) is 1.97. The van der Waals surface area contributed by atoms with Crippen LogP contribution in [0, 0.1) is 12.3 Å². The lowest BCUT2D eigenvalue weighted by molar-refractivity contribution is -0.161. The lowest BCUT2D eigenvalue weighted by Gasteiger charge is -2.17. The molecule has 0 amide bonds. The fraction of sp³-hybridized carbons (Fsp3) is 0.316. The van der Waals surface area contributed by atoms with Crippen molar-refractivity contribution in [1.82, 2.24) is 4.98 Å². The molecular formula is C19H21ClN2O4. The predicted molar refractivity (Wildman–Crippen MR) is 99.5 cm³/mol. The van der Waals surface area contributed by atoms with Gasteiger partial charge in [0, 0.05) is 16.9 Å². The lowest BCUT2D eigenvalue weighted by Crippen LogP contribution is -2.24. The number of aromatic nitrogens is 1. The Morgan fingerprint density at radius 3 is 2.58 bits per heavy atom. The molecule has 1 N–H and O–H groups in total. The molecule has 0 atom stereocenters. The first-order chi connectivity index (χ1) is 12.2. The van der Waals surface area contributed by atoms with Gasteiger partial charge in [0.1, 0.15) is 11.4 Å². The van der Waals surface area contributed by atoms with E-state index in [0.29, 0.717) is 10.8 Å². The van der Waals surface area contributed by atoms with E-state index in [4.69, 9.17) is 21.1 Å². The number of rotatable bonds is 5. The van der Waals surface area contributed by atoms with Gasteiger partial charge in [-0.25, -0.2) is 9.78 Å². The molecule has 0 saturated heterocycles. The zero-order valence-corrected chi connectivity index (χ0v) is 15.9. The zero-order valence-electron chi connectivity index (χ0n) is 15.1. The molecule has 1 aromatic heterocycles. The zero-order chi connectivity index (χ0) is 19.3. The van der Waals surface area contributed by atoms with Crippen LogP contribution < -0.4 is 5.32 Å². The van der Waals surface area contributed by atoms with Gasteiger partial charge in [-0.1, -0.05) is 17.7 Å². The molecule has 2 aromatic rings. The van der Waals surface area contributed by atoms with Gasteiger partial charge in [-0.05, 0) is 57.5 Å². The third kappa shape index (κ3) is 4.95. The summed E-state index contributed by atoms with van der Waals surface area (Å²) in [5.74, 6) is -0.781. The lowest BCUT2D eigenvalue weighted by atomic mass is 9.98. The van der Waals surface area contributed by atoms with Crippen LogP contribution in [0.3, 0.4) is 0 Å². The second kappa shape index (κ2) is 8.19. The molecule has 138 valence electrons. The van der Waals surface area contributed by atoms with Gasteiger partial charge < -0.3 is 14.8 Å². The first-order valence-electron chi connectivity index (χ1n) is 8.01. The quantitative estimate of drug-likeness (QED) is 0.612.